The van der Waals surface area contributed by atoms with E-state index in [-0.39, 0.29) is 0 Å². The predicted molar refractivity (Wildman–Crippen MR) is 90.5 cm³/mol. The molecule has 7 atom stereocenters. The Morgan fingerprint density at radius 3 is 2.71 bits per heavy atom. The highest BCUT2D eigenvalue weighted by Gasteiger charge is 2.48. The molecule has 0 bridgehead atoms. The van der Waals surface area contributed by atoms with E-state index in [1.807, 2.05) is 0 Å². The van der Waals surface area contributed by atoms with Crippen molar-refractivity contribution in [3.63, 3.8) is 0 Å². The zero-order valence-corrected chi connectivity index (χ0v) is 14.5. The molecule has 0 spiro atoms. The summed E-state index contributed by atoms with van der Waals surface area (Å²) in [6.07, 6.45) is 15.3. The third kappa shape index (κ3) is 2.41. The van der Waals surface area contributed by atoms with Crippen LogP contribution in [0.3, 0.4) is 0 Å². The molecule has 0 N–H and O–H groups in total. The van der Waals surface area contributed by atoms with Crippen LogP contribution in [0.15, 0.2) is 11.6 Å². The maximum atomic E-state index is 6.47. The van der Waals surface area contributed by atoms with Crippen LogP contribution in [0.1, 0.15) is 71.6 Å². The smallest absolute Gasteiger partial charge is 0.0373 e. The van der Waals surface area contributed by atoms with Crippen molar-refractivity contribution in [3.8, 4) is 0 Å². The summed E-state index contributed by atoms with van der Waals surface area (Å²) in [5.41, 5.74) is 2.22. The minimum Gasteiger partial charge on any atom is -0.123 e. The molecule has 0 amide bonds. The molecule has 0 radical (unpaired) electrons. The van der Waals surface area contributed by atoms with Gasteiger partial charge >= 0.3 is 0 Å². The van der Waals surface area contributed by atoms with Crippen LogP contribution < -0.4 is 0 Å². The SMILES string of the molecule is CC1CCC2C1CCC1CC3(C)CCC(Cl)CC3=CCC12. The molecule has 118 valence electrons. The average molecular weight is 307 g/mol. The van der Waals surface area contributed by atoms with E-state index in [9.17, 15) is 0 Å². The highest BCUT2D eigenvalue weighted by molar-refractivity contribution is 6.20. The van der Waals surface area contributed by atoms with Crippen molar-refractivity contribution < 1.29 is 0 Å². The Morgan fingerprint density at radius 1 is 1.05 bits per heavy atom. The van der Waals surface area contributed by atoms with E-state index in [0.29, 0.717) is 10.8 Å². The summed E-state index contributed by atoms with van der Waals surface area (Å²) in [6, 6.07) is 0. The molecular weight excluding hydrogens is 276 g/mol. The van der Waals surface area contributed by atoms with Crippen molar-refractivity contribution >= 4 is 11.6 Å². The Labute approximate surface area is 135 Å². The second-order valence-corrected chi connectivity index (χ2v) is 9.57. The maximum absolute atomic E-state index is 6.47. The first-order valence-corrected chi connectivity index (χ1v) is 9.84. The van der Waals surface area contributed by atoms with Gasteiger partial charge in [-0.1, -0.05) is 31.9 Å². The fourth-order valence-corrected chi connectivity index (χ4v) is 6.84. The van der Waals surface area contributed by atoms with E-state index in [1.54, 1.807) is 5.57 Å². The molecule has 4 rings (SSSR count). The Hall–Kier alpha value is 0.0300. The lowest BCUT2D eigenvalue weighted by atomic mass is 9.61. The molecule has 0 nitrogen and oxygen atoms in total. The summed E-state index contributed by atoms with van der Waals surface area (Å²) in [6.45, 7) is 5.06. The summed E-state index contributed by atoms with van der Waals surface area (Å²) in [7, 11) is 0. The van der Waals surface area contributed by atoms with Crippen LogP contribution in [0.2, 0.25) is 0 Å². The summed E-state index contributed by atoms with van der Waals surface area (Å²) >= 11 is 6.47. The van der Waals surface area contributed by atoms with Gasteiger partial charge in [0.25, 0.3) is 0 Å². The van der Waals surface area contributed by atoms with Gasteiger partial charge in [-0.3, -0.25) is 0 Å². The lowest BCUT2D eigenvalue weighted by molar-refractivity contribution is 0.0718. The van der Waals surface area contributed by atoms with Crippen LogP contribution in [0.5, 0.6) is 0 Å². The molecule has 0 aromatic rings. The van der Waals surface area contributed by atoms with Gasteiger partial charge in [0.05, 0.1) is 0 Å². The number of rotatable bonds is 0. The van der Waals surface area contributed by atoms with Gasteiger partial charge in [0.15, 0.2) is 0 Å². The minimum atomic E-state index is 0.406. The first-order valence-electron chi connectivity index (χ1n) is 9.40. The maximum Gasteiger partial charge on any atom is 0.0373 e. The van der Waals surface area contributed by atoms with Gasteiger partial charge in [0.2, 0.25) is 0 Å². The van der Waals surface area contributed by atoms with Gasteiger partial charge in [0, 0.05) is 5.38 Å². The molecule has 4 aliphatic carbocycles. The highest BCUT2D eigenvalue weighted by Crippen LogP contribution is 2.58. The molecule has 1 heteroatoms. The van der Waals surface area contributed by atoms with E-state index < -0.39 is 0 Å². The van der Waals surface area contributed by atoms with Crippen molar-refractivity contribution in [1.29, 1.82) is 0 Å². The molecule has 0 aromatic carbocycles. The van der Waals surface area contributed by atoms with Crippen molar-refractivity contribution in [2.45, 2.75) is 77.0 Å². The summed E-state index contributed by atoms with van der Waals surface area (Å²) in [4.78, 5) is 0. The van der Waals surface area contributed by atoms with E-state index in [0.717, 1.165) is 29.6 Å². The third-order valence-corrected chi connectivity index (χ3v) is 8.21. The summed E-state index contributed by atoms with van der Waals surface area (Å²) in [5.74, 6) is 5.10. The normalized spacial score (nSPS) is 53.2. The van der Waals surface area contributed by atoms with E-state index in [2.05, 4.69) is 19.9 Å². The van der Waals surface area contributed by atoms with Crippen LogP contribution in [0.4, 0.5) is 0 Å². The molecule has 0 saturated heterocycles. The van der Waals surface area contributed by atoms with Crippen molar-refractivity contribution in [2.75, 3.05) is 0 Å². The van der Waals surface area contributed by atoms with Crippen LogP contribution in [-0.4, -0.2) is 5.38 Å². The average Bonchev–Trinajstić information content (AvgIpc) is 2.75. The molecule has 21 heavy (non-hydrogen) atoms. The van der Waals surface area contributed by atoms with Gasteiger partial charge in [-0.25, -0.2) is 0 Å². The first kappa shape index (κ1) is 14.6. The largest absolute Gasteiger partial charge is 0.123 e. The second kappa shape index (κ2) is 5.29. The van der Waals surface area contributed by atoms with Crippen molar-refractivity contribution in [3.05, 3.63) is 11.6 Å². The molecular formula is C20H31Cl. The van der Waals surface area contributed by atoms with E-state index >= 15 is 0 Å². The van der Waals surface area contributed by atoms with Crippen molar-refractivity contribution in [2.24, 2.45) is 35.0 Å². The molecule has 3 saturated carbocycles. The van der Waals surface area contributed by atoms with Gasteiger partial charge in [-0.15, -0.1) is 11.6 Å². The summed E-state index contributed by atoms with van der Waals surface area (Å²) in [5, 5.41) is 0.406. The van der Waals surface area contributed by atoms with Crippen molar-refractivity contribution in [1.82, 2.24) is 0 Å². The standard InChI is InChI=1S/C20H31Cl/c1-13-3-6-19-17(13)7-4-14-12-20(2)10-9-16(21)11-15(20)5-8-18(14)19/h5,13-14,16-19H,3-4,6-12H2,1-2H3. The quantitative estimate of drug-likeness (QED) is 0.369. The number of hydrogen-bond donors (Lipinski definition) is 0. The third-order valence-electron chi connectivity index (χ3n) is 7.84. The number of hydrogen-bond acceptors (Lipinski definition) is 0. The zero-order valence-electron chi connectivity index (χ0n) is 13.8. The summed E-state index contributed by atoms with van der Waals surface area (Å²) < 4.78 is 0. The minimum absolute atomic E-state index is 0.406. The molecule has 3 fully saturated rings. The van der Waals surface area contributed by atoms with Gasteiger partial charge in [-0.05, 0) is 86.4 Å². The Kier molecular flexibility index (Phi) is 3.68. The Balaban J connectivity index is 1.60. The number of fused-ring (bicyclic) bond motifs is 4. The van der Waals surface area contributed by atoms with Crippen LogP contribution >= 0.6 is 11.6 Å². The molecule has 7 unspecified atom stereocenters. The molecule has 0 heterocycles. The van der Waals surface area contributed by atoms with Crippen LogP contribution in [0.25, 0.3) is 0 Å². The zero-order chi connectivity index (χ0) is 14.6. The Bertz CT molecular complexity index is 439. The number of alkyl halides is 1. The topological polar surface area (TPSA) is 0 Å². The van der Waals surface area contributed by atoms with Crippen LogP contribution in [-0.2, 0) is 0 Å². The number of halogens is 1. The molecule has 4 aliphatic rings. The van der Waals surface area contributed by atoms with Gasteiger partial charge in [0.1, 0.15) is 0 Å². The van der Waals surface area contributed by atoms with E-state index in [4.69, 9.17) is 11.6 Å². The van der Waals surface area contributed by atoms with Gasteiger partial charge < -0.3 is 0 Å². The predicted octanol–water partition coefficient (Wildman–Crippen LogP) is 6.19. The lowest BCUT2D eigenvalue weighted by Crippen LogP contribution is -2.36. The van der Waals surface area contributed by atoms with E-state index in [1.165, 1.54) is 57.8 Å². The fourth-order valence-electron chi connectivity index (χ4n) is 6.57. The van der Waals surface area contributed by atoms with Gasteiger partial charge in [-0.2, -0.15) is 0 Å². The van der Waals surface area contributed by atoms with Crippen LogP contribution in [0, 0.1) is 35.0 Å². The first-order chi connectivity index (χ1) is 10.1. The number of allylic oxidation sites excluding steroid dienone is 2. The monoisotopic (exact) mass is 306 g/mol. The fraction of sp³-hybridized carbons (Fsp3) is 0.900. The Morgan fingerprint density at radius 2 is 1.86 bits per heavy atom. The lowest BCUT2D eigenvalue weighted by Gasteiger charge is -2.44. The highest BCUT2D eigenvalue weighted by atomic mass is 35.5. The second-order valence-electron chi connectivity index (χ2n) is 8.95. The molecule has 0 aromatic heterocycles. The molecule has 0 aliphatic heterocycles.